The van der Waals surface area contributed by atoms with Crippen LogP contribution in [0.1, 0.15) is 30.6 Å². The van der Waals surface area contributed by atoms with Gasteiger partial charge in [0.05, 0.1) is 11.9 Å². The van der Waals surface area contributed by atoms with E-state index in [1.54, 1.807) is 6.20 Å². The number of pyridine rings is 1. The highest BCUT2D eigenvalue weighted by atomic mass is 16.2. The first-order chi connectivity index (χ1) is 12.5. The van der Waals surface area contributed by atoms with Crippen molar-refractivity contribution < 1.29 is 4.79 Å². The summed E-state index contributed by atoms with van der Waals surface area (Å²) in [5, 5.41) is 6.22. The Bertz CT molecular complexity index is 761. The summed E-state index contributed by atoms with van der Waals surface area (Å²) in [4.78, 5) is 28.1. The topological polar surface area (TPSA) is 83.0 Å². The highest BCUT2D eigenvalue weighted by Crippen LogP contribution is 2.16. The lowest BCUT2D eigenvalue weighted by Crippen LogP contribution is -2.56. The van der Waals surface area contributed by atoms with E-state index in [1.807, 2.05) is 32.0 Å². The Morgan fingerprint density at radius 1 is 1.31 bits per heavy atom. The number of nitrogens with one attached hydrogen (secondary N) is 2. The van der Waals surface area contributed by atoms with Gasteiger partial charge in [0.2, 0.25) is 5.91 Å². The molecule has 3 heterocycles. The van der Waals surface area contributed by atoms with Crippen LogP contribution in [0.5, 0.6) is 0 Å². The second kappa shape index (κ2) is 8.23. The van der Waals surface area contributed by atoms with Crippen molar-refractivity contribution in [2.24, 2.45) is 0 Å². The van der Waals surface area contributed by atoms with Crippen molar-refractivity contribution in [3.05, 3.63) is 41.6 Å². The summed E-state index contributed by atoms with van der Waals surface area (Å²) in [7, 11) is 0. The molecule has 0 aromatic carbocycles. The van der Waals surface area contributed by atoms with Gasteiger partial charge >= 0.3 is 0 Å². The molecular weight excluding hydrogens is 328 g/mol. The van der Waals surface area contributed by atoms with Crippen LogP contribution < -0.4 is 15.5 Å². The number of nitrogens with zero attached hydrogens (tertiary/aromatic N) is 4. The molecule has 1 aliphatic heterocycles. The van der Waals surface area contributed by atoms with Gasteiger partial charge in [0.25, 0.3) is 0 Å². The van der Waals surface area contributed by atoms with Gasteiger partial charge in [-0.1, -0.05) is 6.92 Å². The van der Waals surface area contributed by atoms with Crippen molar-refractivity contribution >= 4 is 17.4 Å². The largest absolute Gasteiger partial charge is 0.353 e. The lowest BCUT2D eigenvalue weighted by Gasteiger charge is -2.34. The third kappa shape index (κ3) is 4.54. The molecule has 1 atom stereocenters. The third-order valence-corrected chi connectivity index (χ3v) is 4.36. The monoisotopic (exact) mass is 354 g/mol. The minimum absolute atomic E-state index is 0.0556. The van der Waals surface area contributed by atoms with E-state index in [1.165, 1.54) is 0 Å². The summed E-state index contributed by atoms with van der Waals surface area (Å²) >= 11 is 0. The second-order valence-corrected chi connectivity index (χ2v) is 6.66. The van der Waals surface area contributed by atoms with Crippen molar-refractivity contribution in [2.45, 2.75) is 39.7 Å². The van der Waals surface area contributed by atoms with Crippen LogP contribution in [0.2, 0.25) is 0 Å². The average molecular weight is 354 g/mol. The van der Waals surface area contributed by atoms with Crippen LogP contribution in [0.15, 0.2) is 24.4 Å². The van der Waals surface area contributed by atoms with E-state index in [9.17, 15) is 4.79 Å². The van der Waals surface area contributed by atoms with Crippen molar-refractivity contribution in [1.82, 2.24) is 20.3 Å². The van der Waals surface area contributed by atoms with Gasteiger partial charge in [-0.05, 0) is 32.4 Å². The Hall–Kier alpha value is -2.54. The fourth-order valence-corrected chi connectivity index (χ4v) is 3.01. The molecular formula is C19H26N6O. The van der Waals surface area contributed by atoms with E-state index >= 15 is 0 Å². The molecule has 26 heavy (non-hydrogen) atoms. The summed E-state index contributed by atoms with van der Waals surface area (Å²) < 4.78 is 0. The number of hydrogen-bond acceptors (Lipinski definition) is 6. The Morgan fingerprint density at radius 3 is 2.88 bits per heavy atom. The summed E-state index contributed by atoms with van der Waals surface area (Å²) in [6.07, 6.45) is 3.56. The number of carbonyl (C=O) groups is 1. The minimum Gasteiger partial charge on any atom is -0.353 e. The minimum atomic E-state index is -0.296. The van der Waals surface area contributed by atoms with Crippen LogP contribution in [0.4, 0.5) is 11.5 Å². The lowest BCUT2D eigenvalue weighted by molar-refractivity contribution is -0.118. The molecule has 0 spiro atoms. The third-order valence-electron chi connectivity index (χ3n) is 4.36. The van der Waals surface area contributed by atoms with E-state index < -0.39 is 0 Å². The fraction of sp³-hybridized carbons (Fsp3) is 0.474. The van der Waals surface area contributed by atoms with Crippen molar-refractivity contribution in [3.63, 3.8) is 0 Å². The van der Waals surface area contributed by atoms with Crippen molar-refractivity contribution in [3.8, 4) is 0 Å². The zero-order valence-electron chi connectivity index (χ0n) is 15.6. The number of carbonyl (C=O) groups excluding carboxylic acids is 1. The van der Waals surface area contributed by atoms with Gasteiger partial charge in [-0.3, -0.25) is 9.78 Å². The molecule has 7 nitrogen and oxygen atoms in total. The lowest BCUT2D eigenvalue weighted by atomic mass is 10.2. The van der Waals surface area contributed by atoms with Crippen LogP contribution in [-0.4, -0.2) is 46.5 Å². The van der Waals surface area contributed by atoms with Crippen LogP contribution in [0, 0.1) is 13.8 Å². The molecule has 0 saturated carbocycles. The number of aryl methyl sites for hydroxylation is 3. The maximum Gasteiger partial charge on any atom is 0.243 e. The average Bonchev–Trinajstić information content (AvgIpc) is 2.63. The zero-order valence-corrected chi connectivity index (χ0v) is 15.6. The normalized spacial score (nSPS) is 17.2. The number of rotatable bonds is 5. The molecule has 7 heteroatoms. The van der Waals surface area contributed by atoms with Gasteiger partial charge in [0.1, 0.15) is 17.7 Å². The molecule has 0 unspecified atom stereocenters. The van der Waals surface area contributed by atoms with E-state index in [-0.39, 0.29) is 11.9 Å². The molecule has 138 valence electrons. The standard InChI is InChI=1S/C19H26N6O/c1-4-5-17-22-14(3)10-18(24-17)25-9-8-20-16(12-25)19(26)23-15-7-6-13(2)21-11-15/h6-7,10-11,16,20H,4-5,8-9,12H2,1-3H3,(H,23,26)/t16-/m1/s1. The number of anilines is 2. The van der Waals surface area contributed by atoms with Gasteiger partial charge in [-0.15, -0.1) is 0 Å². The molecule has 1 fully saturated rings. The second-order valence-electron chi connectivity index (χ2n) is 6.66. The first-order valence-electron chi connectivity index (χ1n) is 9.11. The molecule has 0 aliphatic carbocycles. The molecule has 1 aliphatic rings. The SMILES string of the molecule is CCCc1nc(C)cc(N2CCN[C@@H](C(=O)Nc3ccc(C)nc3)C2)n1. The highest BCUT2D eigenvalue weighted by Gasteiger charge is 2.26. The first-order valence-corrected chi connectivity index (χ1v) is 9.11. The van der Waals surface area contributed by atoms with Crippen LogP contribution in [-0.2, 0) is 11.2 Å². The van der Waals surface area contributed by atoms with Crippen LogP contribution >= 0.6 is 0 Å². The predicted octanol–water partition coefficient (Wildman–Crippen LogP) is 1.86. The summed E-state index contributed by atoms with van der Waals surface area (Å²) in [6, 6.07) is 5.44. The van der Waals surface area contributed by atoms with E-state index in [4.69, 9.17) is 0 Å². The summed E-state index contributed by atoms with van der Waals surface area (Å²) in [5.74, 6) is 1.71. The quantitative estimate of drug-likeness (QED) is 0.853. The van der Waals surface area contributed by atoms with Gasteiger partial charge in [0.15, 0.2) is 0 Å². The maximum absolute atomic E-state index is 12.6. The van der Waals surface area contributed by atoms with Gasteiger partial charge < -0.3 is 15.5 Å². The van der Waals surface area contributed by atoms with E-state index in [0.717, 1.165) is 49.0 Å². The zero-order chi connectivity index (χ0) is 18.5. The number of piperazine rings is 1. The Morgan fingerprint density at radius 2 is 2.15 bits per heavy atom. The van der Waals surface area contributed by atoms with E-state index in [0.29, 0.717) is 12.2 Å². The van der Waals surface area contributed by atoms with Gasteiger partial charge in [-0.2, -0.15) is 0 Å². The molecule has 2 aromatic rings. The van der Waals surface area contributed by atoms with Crippen LogP contribution in [0.25, 0.3) is 0 Å². The molecule has 2 aromatic heterocycles. The van der Waals surface area contributed by atoms with E-state index in [2.05, 4.69) is 37.4 Å². The Kier molecular flexibility index (Phi) is 5.78. The van der Waals surface area contributed by atoms with Crippen molar-refractivity contribution in [1.29, 1.82) is 0 Å². The molecule has 2 N–H and O–H groups in total. The van der Waals surface area contributed by atoms with Crippen LogP contribution in [0.3, 0.4) is 0 Å². The number of amides is 1. The highest BCUT2D eigenvalue weighted by molar-refractivity contribution is 5.95. The first kappa shape index (κ1) is 18.3. The Balaban J connectivity index is 1.68. The molecule has 1 amide bonds. The maximum atomic E-state index is 12.6. The predicted molar refractivity (Wildman–Crippen MR) is 102 cm³/mol. The number of hydrogen-bond donors (Lipinski definition) is 2. The molecule has 3 rings (SSSR count). The summed E-state index contributed by atoms with van der Waals surface area (Å²) in [5.41, 5.74) is 2.60. The fourth-order valence-electron chi connectivity index (χ4n) is 3.01. The van der Waals surface area contributed by atoms with Crippen molar-refractivity contribution in [2.75, 3.05) is 29.9 Å². The van der Waals surface area contributed by atoms with Gasteiger partial charge in [0, 0.05) is 43.5 Å². The molecule has 0 bridgehead atoms. The molecule has 1 saturated heterocycles. The smallest absolute Gasteiger partial charge is 0.243 e. The number of aromatic nitrogens is 3. The summed E-state index contributed by atoms with van der Waals surface area (Å²) in [6.45, 7) is 8.15. The Labute approximate surface area is 154 Å². The van der Waals surface area contributed by atoms with Gasteiger partial charge in [-0.25, -0.2) is 9.97 Å². The molecule has 0 radical (unpaired) electrons.